The van der Waals surface area contributed by atoms with Crippen molar-refractivity contribution in [2.45, 2.75) is 30.5 Å². The van der Waals surface area contributed by atoms with Gasteiger partial charge < -0.3 is 5.32 Å². The third kappa shape index (κ3) is 3.22. The summed E-state index contributed by atoms with van der Waals surface area (Å²) in [5, 5.41) is 2.94. The minimum atomic E-state index is -4.70. The molecule has 4 nitrogen and oxygen atoms in total. The van der Waals surface area contributed by atoms with E-state index in [1.54, 1.807) is 6.92 Å². The maximum atomic E-state index is 13.0. The van der Waals surface area contributed by atoms with Gasteiger partial charge in [-0.2, -0.15) is 17.5 Å². The van der Waals surface area contributed by atoms with Crippen LogP contribution in [-0.2, 0) is 16.2 Å². The molecule has 0 amide bonds. The zero-order valence-corrected chi connectivity index (χ0v) is 12.3. The van der Waals surface area contributed by atoms with Crippen molar-refractivity contribution < 1.29 is 21.6 Å². The Morgan fingerprint density at radius 1 is 1.29 bits per heavy atom. The van der Waals surface area contributed by atoms with Crippen LogP contribution in [0.4, 0.5) is 13.2 Å². The topological polar surface area (TPSA) is 49.4 Å². The molecule has 0 aromatic heterocycles. The Labute approximate surface area is 122 Å². The molecule has 1 aliphatic rings. The molecule has 1 fully saturated rings. The SMILES string of the molecule is CCCN(C1CNC1)S(=O)(=O)c1ccccc1C(F)(F)F. The smallest absolute Gasteiger partial charge is 0.313 e. The van der Waals surface area contributed by atoms with Crippen molar-refractivity contribution in [2.75, 3.05) is 19.6 Å². The Morgan fingerprint density at radius 2 is 1.90 bits per heavy atom. The number of alkyl halides is 3. The maximum absolute atomic E-state index is 13.0. The molecule has 0 radical (unpaired) electrons. The highest BCUT2D eigenvalue weighted by Gasteiger charge is 2.41. The summed E-state index contributed by atoms with van der Waals surface area (Å²) in [5.74, 6) is 0. The van der Waals surface area contributed by atoms with Crippen LogP contribution >= 0.6 is 0 Å². The lowest BCUT2D eigenvalue weighted by Gasteiger charge is -2.37. The molecule has 0 aliphatic carbocycles. The first kappa shape index (κ1) is 16.3. The number of hydrogen-bond acceptors (Lipinski definition) is 3. The summed E-state index contributed by atoms with van der Waals surface area (Å²) in [5.41, 5.74) is -1.11. The number of nitrogens with zero attached hydrogens (tertiary/aromatic N) is 1. The van der Waals surface area contributed by atoms with Crippen LogP contribution in [0.2, 0.25) is 0 Å². The van der Waals surface area contributed by atoms with E-state index in [9.17, 15) is 21.6 Å². The molecule has 1 heterocycles. The molecular formula is C13H17F3N2O2S. The van der Waals surface area contributed by atoms with Crippen LogP contribution in [0.15, 0.2) is 29.2 Å². The molecule has 1 saturated heterocycles. The summed E-state index contributed by atoms with van der Waals surface area (Å²) in [6.07, 6.45) is -4.15. The van der Waals surface area contributed by atoms with Gasteiger partial charge in [0, 0.05) is 19.6 Å². The van der Waals surface area contributed by atoms with Gasteiger partial charge in [-0.25, -0.2) is 8.42 Å². The Balaban J connectivity index is 2.47. The molecule has 0 unspecified atom stereocenters. The molecule has 8 heteroatoms. The minimum absolute atomic E-state index is 0.209. The maximum Gasteiger partial charge on any atom is 0.417 e. The van der Waals surface area contributed by atoms with Gasteiger partial charge >= 0.3 is 6.18 Å². The van der Waals surface area contributed by atoms with Gasteiger partial charge in [-0.3, -0.25) is 0 Å². The number of rotatable bonds is 5. The van der Waals surface area contributed by atoms with Crippen LogP contribution in [0.3, 0.4) is 0 Å². The van der Waals surface area contributed by atoms with Crippen molar-refractivity contribution in [1.29, 1.82) is 0 Å². The van der Waals surface area contributed by atoms with E-state index >= 15 is 0 Å². The van der Waals surface area contributed by atoms with E-state index in [0.717, 1.165) is 12.1 Å². The van der Waals surface area contributed by atoms with Crippen LogP contribution in [0.5, 0.6) is 0 Å². The first-order valence-electron chi connectivity index (χ1n) is 6.67. The molecule has 1 aromatic rings. The fraction of sp³-hybridized carbons (Fsp3) is 0.538. The second-order valence-corrected chi connectivity index (χ2v) is 6.78. The number of sulfonamides is 1. The molecule has 0 atom stereocenters. The average Bonchev–Trinajstić information content (AvgIpc) is 2.35. The highest BCUT2D eigenvalue weighted by atomic mass is 32.2. The van der Waals surface area contributed by atoms with E-state index in [4.69, 9.17) is 0 Å². The number of nitrogens with one attached hydrogen (secondary N) is 1. The standard InChI is InChI=1S/C13H17F3N2O2S/c1-2-7-18(10-8-17-9-10)21(19,20)12-6-4-3-5-11(12)13(14,15)16/h3-6,10,17H,2,7-9H2,1H3. The third-order valence-electron chi connectivity index (χ3n) is 3.39. The fourth-order valence-corrected chi connectivity index (χ4v) is 4.18. The zero-order chi connectivity index (χ0) is 15.7. The van der Waals surface area contributed by atoms with Crippen molar-refractivity contribution in [3.05, 3.63) is 29.8 Å². The van der Waals surface area contributed by atoms with Gasteiger partial charge in [-0.15, -0.1) is 0 Å². The van der Waals surface area contributed by atoms with Crippen LogP contribution in [0.25, 0.3) is 0 Å². The van der Waals surface area contributed by atoms with Crippen molar-refractivity contribution >= 4 is 10.0 Å². The van der Waals surface area contributed by atoms with Crippen molar-refractivity contribution in [1.82, 2.24) is 9.62 Å². The van der Waals surface area contributed by atoms with Crippen molar-refractivity contribution in [3.63, 3.8) is 0 Å². The molecule has 1 aliphatic heterocycles. The van der Waals surface area contributed by atoms with Gasteiger partial charge in [-0.1, -0.05) is 19.1 Å². The molecule has 0 bridgehead atoms. The van der Waals surface area contributed by atoms with Gasteiger partial charge in [0.2, 0.25) is 10.0 Å². The van der Waals surface area contributed by atoms with Crippen LogP contribution in [0.1, 0.15) is 18.9 Å². The predicted molar refractivity (Wildman–Crippen MR) is 72.3 cm³/mol. The van der Waals surface area contributed by atoms with E-state index in [2.05, 4.69) is 5.32 Å². The Bertz CT molecular complexity index is 598. The summed E-state index contributed by atoms with van der Waals surface area (Å²) >= 11 is 0. The normalized spacial score (nSPS) is 17.0. The monoisotopic (exact) mass is 322 g/mol. The molecule has 118 valence electrons. The summed E-state index contributed by atoms with van der Waals surface area (Å²) in [6, 6.07) is 4.04. The van der Waals surface area contributed by atoms with Crippen molar-refractivity contribution in [3.8, 4) is 0 Å². The molecule has 21 heavy (non-hydrogen) atoms. The lowest BCUT2D eigenvalue weighted by Crippen LogP contribution is -2.59. The van der Waals surface area contributed by atoms with E-state index in [0.29, 0.717) is 19.5 Å². The van der Waals surface area contributed by atoms with Crippen LogP contribution in [-0.4, -0.2) is 38.4 Å². The second-order valence-electron chi connectivity index (χ2n) is 4.92. The van der Waals surface area contributed by atoms with E-state index in [1.165, 1.54) is 16.4 Å². The summed E-state index contributed by atoms with van der Waals surface area (Å²) in [6.45, 7) is 2.94. The average molecular weight is 322 g/mol. The second kappa shape index (κ2) is 5.94. The molecule has 1 N–H and O–H groups in total. The summed E-state index contributed by atoms with van der Waals surface area (Å²) in [7, 11) is -4.16. The lowest BCUT2D eigenvalue weighted by atomic mass is 10.2. The predicted octanol–water partition coefficient (Wildman–Crippen LogP) is 2.08. The molecule has 0 saturated carbocycles. The number of halogens is 3. The Kier molecular flexibility index (Phi) is 4.60. The lowest BCUT2D eigenvalue weighted by molar-refractivity contribution is -0.139. The van der Waals surface area contributed by atoms with Gasteiger partial charge in [0.1, 0.15) is 0 Å². The van der Waals surface area contributed by atoms with E-state index in [-0.39, 0.29) is 12.6 Å². The van der Waals surface area contributed by atoms with E-state index in [1.807, 2.05) is 0 Å². The Morgan fingerprint density at radius 3 is 2.38 bits per heavy atom. The van der Waals surface area contributed by atoms with Gasteiger partial charge in [0.15, 0.2) is 0 Å². The summed E-state index contributed by atoms with van der Waals surface area (Å²) in [4.78, 5) is -0.669. The largest absolute Gasteiger partial charge is 0.417 e. The molecular weight excluding hydrogens is 305 g/mol. The quantitative estimate of drug-likeness (QED) is 0.903. The minimum Gasteiger partial charge on any atom is -0.313 e. The zero-order valence-electron chi connectivity index (χ0n) is 11.5. The van der Waals surface area contributed by atoms with E-state index < -0.39 is 26.7 Å². The molecule has 2 rings (SSSR count). The van der Waals surface area contributed by atoms with Gasteiger partial charge in [0.25, 0.3) is 0 Å². The summed E-state index contributed by atoms with van der Waals surface area (Å²) < 4.78 is 65.5. The number of benzene rings is 1. The van der Waals surface area contributed by atoms with Gasteiger partial charge in [-0.05, 0) is 18.6 Å². The van der Waals surface area contributed by atoms with Crippen molar-refractivity contribution in [2.24, 2.45) is 0 Å². The highest BCUT2D eigenvalue weighted by molar-refractivity contribution is 7.89. The third-order valence-corrected chi connectivity index (χ3v) is 5.40. The fourth-order valence-electron chi connectivity index (χ4n) is 2.25. The first-order chi connectivity index (χ1) is 9.78. The number of hydrogen-bond donors (Lipinski definition) is 1. The molecule has 1 aromatic carbocycles. The first-order valence-corrected chi connectivity index (χ1v) is 8.11. The van der Waals surface area contributed by atoms with Crippen LogP contribution < -0.4 is 5.32 Å². The van der Waals surface area contributed by atoms with Gasteiger partial charge in [0.05, 0.1) is 16.5 Å². The van der Waals surface area contributed by atoms with Crippen LogP contribution in [0, 0.1) is 0 Å². The Hall–Kier alpha value is -1.12. The molecule has 0 spiro atoms. The highest BCUT2D eigenvalue weighted by Crippen LogP contribution is 2.35.